The number of para-hydroxylation sites is 1. The highest BCUT2D eigenvalue weighted by molar-refractivity contribution is 9.10. The number of amides is 1. The quantitative estimate of drug-likeness (QED) is 0.301. The van der Waals surface area contributed by atoms with Gasteiger partial charge in [-0.05, 0) is 58.2 Å². The van der Waals surface area contributed by atoms with Gasteiger partial charge >= 0.3 is 0 Å². The Balaban J connectivity index is 1.51. The zero-order valence-electron chi connectivity index (χ0n) is 16.9. The van der Waals surface area contributed by atoms with Crippen molar-refractivity contribution in [3.8, 4) is 5.69 Å². The van der Waals surface area contributed by atoms with E-state index in [0.29, 0.717) is 0 Å². The zero-order chi connectivity index (χ0) is 21.1. The first kappa shape index (κ1) is 20.1. The molecule has 0 atom stereocenters. The molecule has 0 aliphatic heterocycles. The topological polar surface area (TPSA) is 46.4 Å². The van der Waals surface area contributed by atoms with Crippen molar-refractivity contribution in [2.24, 2.45) is 5.10 Å². The van der Waals surface area contributed by atoms with Gasteiger partial charge in [0.1, 0.15) is 0 Å². The number of hydrazone groups is 1. The summed E-state index contributed by atoms with van der Waals surface area (Å²) in [7, 11) is 0. The fraction of sp³-hybridized carbons (Fsp3) is 0.120. The molecule has 0 radical (unpaired) electrons. The lowest BCUT2D eigenvalue weighted by atomic mass is 10.0. The van der Waals surface area contributed by atoms with E-state index in [1.165, 1.54) is 0 Å². The maximum Gasteiger partial charge on any atom is 0.244 e. The second-order valence-electron chi connectivity index (χ2n) is 7.18. The predicted octanol–water partition coefficient (Wildman–Crippen LogP) is 5.70. The van der Waals surface area contributed by atoms with Gasteiger partial charge in [0.15, 0.2) is 0 Å². The highest BCUT2D eigenvalue weighted by Crippen LogP contribution is 2.29. The Hall–Kier alpha value is -3.18. The second kappa shape index (κ2) is 8.67. The highest BCUT2D eigenvalue weighted by atomic mass is 79.9. The first-order chi connectivity index (χ1) is 14.6. The summed E-state index contributed by atoms with van der Waals surface area (Å²) in [6, 6.07) is 24.3. The third-order valence-electron chi connectivity index (χ3n) is 5.24. The molecule has 1 amide bonds. The van der Waals surface area contributed by atoms with Gasteiger partial charge in [-0.2, -0.15) is 5.10 Å². The number of carbonyl (C=O) groups excluding carboxylic acids is 1. The summed E-state index contributed by atoms with van der Waals surface area (Å²) in [5.74, 6) is -0.143. The van der Waals surface area contributed by atoms with Crippen molar-refractivity contribution in [1.29, 1.82) is 0 Å². The summed E-state index contributed by atoms with van der Waals surface area (Å²) < 4.78 is 3.14. The van der Waals surface area contributed by atoms with Crippen LogP contribution in [0.1, 0.15) is 22.5 Å². The molecule has 0 bridgehead atoms. The molecule has 0 unspecified atom stereocenters. The highest BCUT2D eigenvalue weighted by Gasteiger charge is 2.15. The molecule has 0 aliphatic carbocycles. The summed E-state index contributed by atoms with van der Waals surface area (Å²) in [6.07, 6.45) is 1.98. The summed E-state index contributed by atoms with van der Waals surface area (Å²) in [6.45, 7) is 4.10. The Kier molecular flexibility index (Phi) is 5.81. The summed E-state index contributed by atoms with van der Waals surface area (Å²) >= 11 is 3.67. The van der Waals surface area contributed by atoms with Crippen molar-refractivity contribution in [1.82, 2.24) is 9.99 Å². The van der Waals surface area contributed by atoms with E-state index in [9.17, 15) is 4.79 Å². The van der Waals surface area contributed by atoms with E-state index < -0.39 is 0 Å². The van der Waals surface area contributed by atoms with Crippen molar-refractivity contribution < 1.29 is 4.79 Å². The molecule has 30 heavy (non-hydrogen) atoms. The zero-order valence-corrected chi connectivity index (χ0v) is 18.5. The van der Waals surface area contributed by atoms with Crippen molar-refractivity contribution >= 4 is 38.8 Å². The molecule has 0 spiro atoms. The fourth-order valence-electron chi connectivity index (χ4n) is 3.77. The van der Waals surface area contributed by atoms with Gasteiger partial charge in [-0.25, -0.2) is 5.43 Å². The fourth-order valence-corrected chi connectivity index (χ4v) is 4.33. The number of fused-ring (bicyclic) bond motifs is 1. The van der Waals surface area contributed by atoms with Gasteiger partial charge in [-0.15, -0.1) is 0 Å². The molecular weight excluding hydrogens is 438 g/mol. The standard InChI is InChI=1S/C25H22BrN3O/c1-17-23(25(26)18(2)29(17)21-12-4-3-5-13-21)16-27-28-24(30)15-20-11-8-10-19-9-6-7-14-22(19)20/h3-14,16H,15H2,1-2H3,(H,28,30)/b27-16-. The third kappa shape index (κ3) is 3.94. The molecule has 5 heteroatoms. The number of hydrogen-bond acceptors (Lipinski definition) is 2. The van der Waals surface area contributed by atoms with Crippen LogP contribution < -0.4 is 5.43 Å². The minimum atomic E-state index is -0.143. The Bertz CT molecular complexity index is 1240. The van der Waals surface area contributed by atoms with Gasteiger partial charge in [0.05, 0.1) is 12.6 Å². The number of carbonyl (C=O) groups is 1. The first-order valence-electron chi connectivity index (χ1n) is 9.77. The molecule has 4 nitrogen and oxygen atoms in total. The number of nitrogens with zero attached hydrogens (tertiary/aromatic N) is 2. The molecule has 3 aromatic carbocycles. The van der Waals surface area contributed by atoms with Gasteiger partial charge in [0.2, 0.25) is 5.91 Å². The van der Waals surface area contributed by atoms with Crippen LogP contribution in [0.15, 0.2) is 82.4 Å². The molecule has 1 heterocycles. The molecule has 1 aromatic heterocycles. The van der Waals surface area contributed by atoms with Crippen LogP contribution in [-0.2, 0) is 11.2 Å². The molecule has 0 aliphatic rings. The van der Waals surface area contributed by atoms with Crippen LogP contribution in [0.5, 0.6) is 0 Å². The number of aromatic nitrogens is 1. The summed E-state index contributed by atoms with van der Waals surface area (Å²) in [5, 5.41) is 6.44. The van der Waals surface area contributed by atoms with Crippen LogP contribution in [0.25, 0.3) is 16.5 Å². The van der Waals surface area contributed by atoms with E-state index >= 15 is 0 Å². The lowest BCUT2D eigenvalue weighted by Crippen LogP contribution is -2.20. The molecule has 0 fully saturated rings. The molecule has 4 rings (SSSR count). The van der Waals surface area contributed by atoms with Gasteiger partial charge < -0.3 is 4.57 Å². The van der Waals surface area contributed by atoms with Crippen LogP contribution in [0.4, 0.5) is 0 Å². The summed E-state index contributed by atoms with van der Waals surface area (Å²) in [4.78, 5) is 12.5. The maximum absolute atomic E-state index is 12.5. The average molecular weight is 460 g/mol. The van der Waals surface area contributed by atoms with Crippen LogP contribution in [-0.4, -0.2) is 16.7 Å². The molecule has 1 N–H and O–H groups in total. The Labute approximate surface area is 184 Å². The van der Waals surface area contributed by atoms with Gasteiger partial charge in [-0.1, -0.05) is 60.7 Å². The molecule has 0 saturated heterocycles. The molecular formula is C25H22BrN3O. The van der Waals surface area contributed by atoms with Crippen LogP contribution in [0.2, 0.25) is 0 Å². The van der Waals surface area contributed by atoms with Crippen molar-refractivity contribution in [3.63, 3.8) is 0 Å². The lowest BCUT2D eigenvalue weighted by molar-refractivity contribution is -0.120. The third-order valence-corrected chi connectivity index (χ3v) is 6.24. The summed E-state index contributed by atoms with van der Waals surface area (Å²) in [5.41, 5.74) is 7.83. The van der Waals surface area contributed by atoms with E-state index in [1.807, 2.05) is 55.5 Å². The normalized spacial score (nSPS) is 11.3. The number of hydrogen-bond donors (Lipinski definition) is 1. The van der Waals surface area contributed by atoms with E-state index in [-0.39, 0.29) is 12.3 Å². The predicted molar refractivity (Wildman–Crippen MR) is 126 cm³/mol. The van der Waals surface area contributed by atoms with Gasteiger partial charge in [0, 0.05) is 27.1 Å². The second-order valence-corrected chi connectivity index (χ2v) is 7.97. The van der Waals surface area contributed by atoms with Crippen LogP contribution >= 0.6 is 15.9 Å². The van der Waals surface area contributed by atoms with Crippen molar-refractivity contribution in [2.45, 2.75) is 20.3 Å². The lowest BCUT2D eigenvalue weighted by Gasteiger charge is -2.09. The van der Waals surface area contributed by atoms with Gasteiger partial charge in [0.25, 0.3) is 0 Å². The largest absolute Gasteiger partial charge is 0.317 e. The first-order valence-corrected chi connectivity index (χ1v) is 10.6. The molecule has 150 valence electrons. The number of nitrogens with one attached hydrogen (secondary N) is 1. The Morgan fingerprint density at radius 3 is 2.47 bits per heavy atom. The number of benzene rings is 3. The number of rotatable bonds is 5. The molecule has 4 aromatic rings. The smallest absolute Gasteiger partial charge is 0.244 e. The minimum Gasteiger partial charge on any atom is -0.317 e. The molecule has 0 saturated carbocycles. The van der Waals surface area contributed by atoms with Crippen LogP contribution in [0, 0.1) is 13.8 Å². The van der Waals surface area contributed by atoms with Crippen LogP contribution in [0.3, 0.4) is 0 Å². The number of halogens is 1. The van der Waals surface area contributed by atoms with Crippen molar-refractivity contribution in [2.75, 3.05) is 0 Å². The van der Waals surface area contributed by atoms with E-state index in [2.05, 4.69) is 62.2 Å². The van der Waals surface area contributed by atoms with E-state index in [0.717, 1.165) is 43.4 Å². The Morgan fingerprint density at radius 2 is 1.67 bits per heavy atom. The van der Waals surface area contributed by atoms with E-state index in [1.54, 1.807) is 6.21 Å². The average Bonchev–Trinajstić information content (AvgIpc) is 2.97. The monoisotopic (exact) mass is 459 g/mol. The minimum absolute atomic E-state index is 0.143. The van der Waals surface area contributed by atoms with Gasteiger partial charge in [-0.3, -0.25) is 4.79 Å². The maximum atomic E-state index is 12.5. The van der Waals surface area contributed by atoms with E-state index in [4.69, 9.17) is 0 Å². The van der Waals surface area contributed by atoms with Crippen molar-refractivity contribution in [3.05, 3.63) is 99.8 Å². The SMILES string of the molecule is Cc1c(Br)c(/C=N\NC(=O)Cc2cccc3ccccc23)c(C)n1-c1ccccc1. The Morgan fingerprint density at radius 1 is 0.967 bits per heavy atom.